The number of hydrogen-bond donors (Lipinski definition) is 0. The molecule has 1 heterocycles. The van der Waals surface area contributed by atoms with E-state index < -0.39 is 0 Å². The van der Waals surface area contributed by atoms with E-state index in [2.05, 4.69) is 81.7 Å². The van der Waals surface area contributed by atoms with E-state index in [-0.39, 0.29) is 5.41 Å². The molecule has 1 saturated heterocycles. The molecule has 2 nitrogen and oxygen atoms in total. The minimum absolute atomic E-state index is 0.255. The molecular formula is C23H36N2. The zero-order valence-corrected chi connectivity index (χ0v) is 17.1. The topological polar surface area (TPSA) is 6.48 Å². The molecule has 2 aliphatic rings. The van der Waals surface area contributed by atoms with Crippen molar-refractivity contribution in [1.82, 2.24) is 4.90 Å². The molecule has 0 unspecified atom stereocenters. The van der Waals surface area contributed by atoms with Gasteiger partial charge < -0.3 is 4.90 Å². The maximum Gasteiger partial charge on any atom is 0.0443 e. The van der Waals surface area contributed by atoms with Gasteiger partial charge in [-0.05, 0) is 34.8 Å². The van der Waals surface area contributed by atoms with Crippen molar-refractivity contribution in [3.05, 3.63) is 35.9 Å². The third kappa shape index (κ3) is 3.79. The van der Waals surface area contributed by atoms with Gasteiger partial charge in [-0.25, -0.2) is 0 Å². The lowest BCUT2D eigenvalue weighted by Gasteiger charge is -2.38. The highest BCUT2D eigenvalue weighted by Crippen LogP contribution is 2.54. The lowest BCUT2D eigenvalue weighted by molar-refractivity contribution is 0.191. The van der Waals surface area contributed by atoms with Gasteiger partial charge in [0.15, 0.2) is 0 Å². The highest BCUT2D eigenvalue weighted by Gasteiger charge is 2.41. The fourth-order valence-electron chi connectivity index (χ4n) is 4.27. The second kappa shape index (κ2) is 6.79. The van der Waals surface area contributed by atoms with Gasteiger partial charge in [-0.2, -0.15) is 0 Å². The van der Waals surface area contributed by atoms with Crippen molar-refractivity contribution in [3.8, 4) is 0 Å². The predicted molar refractivity (Wildman–Crippen MR) is 110 cm³/mol. The lowest BCUT2D eigenvalue weighted by Crippen LogP contribution is -2.47. The Bertz CT molecular complexity index is 631. The van der Waals surface area contributed by atoms with Gasteiger partial charge in [-0.15, -0.1) is 0 Å². The van der Waals surface area contributed by atoms with Crippen molar-refractivity contribution in [2.75, 3.05) is 37.6 Å². The van der Waals surface area contributed by atoms with Crippen LogP contribution in [0.15, 0.2) is 30.3 Å². The van der Waals surface area contributed by atoms with Crippen LogP contribution in [-0.2, 0) is 0 Å². The Kier molecular flexibility index (Phi) is 5.03. The van der Waals surface area contributed by atoms with Crippen LogP contribution in [0.5, 0.6) is 0 Å². The fraction of sp³-hybridized carbons (Fsp3) is 0.652. The molecule has 1 aromatic rings. The van der Waals surface area contributed by atoms with Gasteiger partial charge in [0.1, 0.15) is 0 Å². The van der Waals surface area contributed by atoms with Crippen LogP contribution < -0.4 is 4.90 Å². The van der Waals surface area contributed by atoms with Gasteiger partial charge in [0, 0.05) is 44.0 Å². The van der Waals surface area contributed by atoms with E-state index in [0.717, 1.165) is 19.0 Å². The smallest absolute Gasteiger partial charge is 0.0443 e. The summed E-state index contributed by atoms with van der Waals surface area (Å²) in [6.45, 7) is 20.1. The Hall–Kier alpha value is -1.28. The van der Waals surface area contributed by atoms with E-state index in [1.807, 2.05) is 0 Å². The van der Waals surface area contributed by atoms with Gasteiger partial charge in [-0.3, -0.25) is 4.90 Å². The largest absolute Gasteiger partial charge is 0.368 e. The number of piperazine rings is 1. The molecule has 1 aliphatic carbocycles. The molecule has 25 heavy (non-hydrogen) atoms. The van der Waals surface area contributed by atoms with Crippen molar-refractivity contribution in [2.45, 2.75) is 48.0 Å². The zero-order chi connectivity index (χ0) is 18.2. The minimum atomic E-state index is 0.255. The van der Waals surface area contributed by atoms with Crippen LogP contribution >= 0.6 is 0 Å². The molecule has 3 rings (SSSR count). The maximum atomic E-state index is 2.62. The molecule has 1 aromatic carbocycles. The molecule has 2 heteroatoms. The molecule has 0 bridgehead atoms. The van der Waals surface area contributed by atoms with Crippen LogP contribution in [-0.4, -0.2) is 37.6 Å². The first-order valence-electron chi connectivity index (χ1n) is 9.98. The zero-order valence-electron chi connectivity index (χ0n) is 17.1. The van der Waals surface area contributed by atoms with Crippen molar-refractivity contribution in [3.63, 3.8) is 0 Å². The Morgan fingerprint density at radius 1 is 0.960 bits per heavy atom. The summed E-state index contributed by atoms with van der Waals surface area (Å²) in [6.07, 6.45) is 3.70. The summed E-state index contributed by atoms with van der Waals surface area (Å²) in [5.41, 5.74) is 5.01. The molecule has 1 fully saturated rings. The van der Waals surface area contributed by atoms with Crippen LogP contribution in [0.25, 0.3) is 5.57 Å². The Balaban J connectivity index is 1.80. The first-order chi connectivity index (χ1) is 11.7. The van der Waals surface area contributed by atoms with Gasteiger partial charge in [0.05, 0.1) is 0 Å². The maximum absolute atomic E-state index is 2.62. The van der Waals surface area contributed by atoms with E-state index >= 15 is 0 Å². The van der Waals surface area contributed by atoms with Crippen LogP contribution in [0.3, 0.4) is 0 Å². The third-order valence-corrected chi connectivity index (χ3v) is 6.50. The Morgan fingerprint density at radius 2 is 1.60 bits per heavy atom. The molecule has 0 N–H and O–H groups in total. The third-order valence-electron chi connectivity index (χ3n) is 6.50. The molecule has 0 radical (unpaired) electrons. The standard InChI is InChI=1S/C23H36N2/c1-18(2)17-24-11-13-25(14-12-24)21-10-8-7-9-20(21)19-15-22(3,4)23(5,6)16-19/h7-10,15,18H,11-14,16-17H2,1-6H3. The van der Waals surface area contributed by atoms with Crippen molar-refractivity contribution >= 4 is 11.3 Å². The molecule has 0 saturated carbocycles. The first-order valence-corrected chi connectivity index (χ1v) is 9.98. The van der Waals surface area contributed by atoms with E-state index in [0.29, 0.717) is 5.41 Å². The van der Waals surface area contributed by atoms with E-state index in [9.17, 15) is 0 Å². The number of anilines is 1. The van der Waals surface area contributed by atoms with E-state index in [1.54, 1.807) is 0 Å². The minimum Gasteiger partial charge on any atom is -0.368 e. The van der Waals surface area contributed by atoms with Gasteiger partial charge >= 0.3 is 0 Å². The van der Waals surface area contributed by atoms with Crippen LogP contribution in [0.2, 0.25) is 0 Å². The van der Waals surface area contributed by atoms with Crippen LogP contribution in [0.4, 0.5) is 5.69 Å². The summed E-state index contributed by atoms with van der Waals surface area (Å²) in [6, 6.07) is 9.06. The van der Waals surface area contributed by atoms with Crippen LogP contribution in [0, 0.1) is 16.7 Å². The number of benzene rings is 1. The van der Waals surface area contributed by atoms with E-state index in [4.69, 9.17) is 0 Å². The fourth-order valence-corrected chi connectivity index (χ4v) is 4.27. The summed E-state index contributed by atoms with van der Waals surface area (Å²) >= 11 is 0. The monoisotopic (exact) mass is 340 g/mol. The van der Waals surface area contributed by atoms with Crippen molar-refractivity contribution in [2.24, 2.45) is 16.7 Å². The number of hydrogen-bond acceptors (Lipinski definition) is 2. The summed E-state index contributed by atoms with van der Waals surface area (Å²) in [7, 11) is 0. The molecule has 0 aromatic heterocycles. The highest BCUT2D eigenvalue weighted by molar-refractivity contribution is 5.79. The van der Waals surface area contributed by atoms with Gasteiger partial charge in [-0.1, -0.05) is 65.8 Å². The van der Waals surface area contributed by atoms with Gasteiger partial charge in [0.25, 0.3) is 0 Å². The summed E-state index contributed by atoms with van der Waals surface area (Å²) in [5, 5.41) is 0. The van der Waals surface area contributed by atoms with Crippen molar-refractivity contribution < 1.29 is 0 Å². The molecule has 0 amide bonds. The number of allylic oxidation sites excluding steroid dienone is 2. The number of para-hydroxylation sites is 1. The van der Waals surface area contributed by atoms with Crippen molar-refractivity contribution in [1.29, 1.82) is 0 Å². The normalized spacial score (nSPS) is 23.2. The quantitative estimate of drug-likeness (QED) is 0.733. The number of nitrogens with zero attached hydrogens (tertiary/aromatic N) is 2. The van der Waals surface area contributed by atoms with Crippen LogP contribution in [0.1, 0.15) is 53.5 Å². The highest BCUT2D eigenvalue weighted by atomic mass is 15.3. The second-order valence-electron chi connectivity index (χ2n) is 9.65. The average molecular weight is 341 g/mol. The lowest BCUT2D eigenvalue weighted by atomic mass is 9.70. The SMILES string of the molecule is CC(C)CN1CCN(c2ccccc2C2=CC(C)(C)C(C)(C)C2)CC1. The number of rotatable bonds is 4. The summed E-state index contributed by atoms with van der Waals surface area (Å²) in [4.78, 5) is 5.22. The summed E-state index contributed by atoms with van der Waals surface area (Å²) in [5.74, 6) is 0.756. The van der Waals surface area contributed by atoms with E-state index in [1.165, 1.54) is 42.9 Å². The average Bonchev–Trinajstić information content (AvgIpc) is 2.75. The van der Waals surface area contributed by atoms with Gasteiger partial charge in [0.2, 0.25) is 0 Å². The first kappa shape index (κ1) is 18.5. The molecule has 0 spiro atoms. The summed E-state index contributed by atoms with van der Waals surface area (Å²) < 4.78 is 0. The molecule has 0 atom stereocenters. The predicted octanol–water partition coefficient (Wildman–Crippen LogP) is 5.30. The molecule has 1 aliphatic heterocycles. The Labute approximate surface area is 154 Å². The second-order valence-corrected chi connectivity index (χ2v) is 9.65. The Morgan fingerprint density at radius 3 is 2.16 bits per heavy atom. The molecule has 138 valence electrons. The molecular weight excluding hydrogens is 304 g/mol.